The maximum atomic E-state index is 4.06. The van der Waals surface area contributed by atoms with E-state index in [4.69, 9.17) is 0 Å². The molecule has 4 heteroatoms. The van der Waals surface area contributed by atoms with Crippen LogP contribution in [-0.2, 0) is 13.0 Å². The van der Waals surface area contributed by atoms with Crippen LogP contribution in [0.1, 0.15) is 24.1 Å². The van der Waals surface area contributed by atoms with Gasteiger partial charge in [-0.25, -0.2) is 0 Å². The Kier molecular flexibility index (Phi) is 3.69. The smallest absolute Gasteiger partial charge is 0.0490 e. The lowest BCUT2D eigenvalue weighted by atomic mass is 9.93. The summed E-state index contributed by atoms with van der Waals surface area (Å²) in [5.41, 5.74) is 3.90. The van der Waals surface area contributed by atoms with E-state index in [0.29, 0.717) is 0 Å². The number of hydrogen-bond donors (Lipinski definition) is 2. The van der Waals surface area contributed by atoms with E-state index in [1.54, 1.807) is 0 Å². The van der Waals surface area contributed by atoms with Crippen LogP contribution in [0.4, 0.5) is 0 Å². The second kappa shape index (κ2) is 5.97. The molecule has 4 rings (SSSR count). The topological polar surface area (TPSA) is 47.7 Å². The molecule has 3 aromatic rings. The maximum absolute atomic E-state index is 4.06. The predicted octanol–water partition coefficient (Wildman–Crippen LogP) is 3.35. The predicted molar refractivity (Wildman–Crippen MR) is 88.6 cm³/mol. The third kappa shape index (κ3) is 2.92. The molecule has 1 aliphatic rings. The summed E-state index contributed by atoms with van der Waals surface area (Å²) in [6, 6.07) is 11.0. The van der Waals surface area contributed by atoms with Crippen LogP contribution in [0, 0.1) is 5.92 Å². The Morgan fingerprint density at radius 1 is 1.23 bits per heavy atom. The summed E-state index contributed by atoms with van der Waals surface area (Å²) >= 11 is 0. The summed E-state index contributed by atoms with van der Waals surface area (Å²) in [4.78, 5) is 5.90. The molecule has 0 bridgehead atoms. The number of benzene rings is 1. The van der Waals surface area contributed by atoms with E-state index in [1.807, 2.05) is 12.4 Å². The maximum Gasteiger partial charge on any atom is 0.0490 e. The van der Waals surface area contributed by atoms with Crippen molar-refractivity contribution in [2.75, 3.05) is 13.1 Å². The van der Waals surface area contributed by atoms with Gasteiger partial charge < -0.3 is 4.98 Å². The van der Waals surface area contributed by atoms with Crippen LogP contribution in [0.2, 0.25) is 0 Å². The van der Waals surface area contributed by atoms with Gasteiger partial charge in [0, 0.05) is 36.7 Å². The highest BCUT2D eigenvalue weighted by molar-refractivity contribution is 5.79. The molecule has 1 aromatic carbocycles. The number of H-pyrrole nitrogens is 2. The largest absolute Gasteiger partial charge is 0.361 e. The number of piperidine rings is 1. The molecule has 0 radical (unpaired) electrons. The molecular weight excluding hydrogens is 272 g/mol. The third-order valence-electron chi connectivity index (χ3n) is 4.70. The number of aromatic amines is 2. The minimum atomic E-state index is 0.739. The monoisotopic (exact) mass is 294 g/mol. The molecule has 0 unspecified atom stereocenters. The standard InChI is InChI=1S/C18H22N4/c1-2-14(10-17-6-8-20-21-17)12-22(9-1)13-15-3-4-16-5-7-19-18(16)11-15/h3-8,11,14,19H,1-2,9-10,12-13H2,(H,20,21)/t14-/m0/s1. The lowest BCUT2D eigenvalue weighted by molar-refractivity contribution is 0.166. The fourth-order valence-corrected chi connectivity index (χ4v) is 3.62. The molecule has 2 aromatic heterocycles. The van der Waals surface area contributed by atoms with Crippen LogP contribution in [0.25, 0.3) is 10.9 Å². The van der Waals surface area contributed by atoms with Crippen molar-refractivity contribution in [2.24, 2.45) is 5.92 Å². The van der Waals surface area contributed by atoms with Crippen molar-refractivity contribution in [3.8, 4) is 0 Å². The van der Waals surface area contributed by atoms with Crippen molar-refractivity contribution in [2.45, 2.75) is 25.8 Å². The first-order valence-corrected chi connectivity index (χ1v) is 8.13. The normalized spacial score (nSPS) is 19.7. The first-order chi connectivity index (χ1) is 10.9. The Morgan fingerprint density at radius 2 is 2.23 bits per heavy atom. The zero-order valence-corrected chi connectivity index (χ0v) is 12.8. The Hall–Kier alpha value is -2.07. The van der Waals surface area contributed by atoms with Gasteiger partial charge in [0.15, 0.2) is 0 Å². The Bertz CT molecular complexity index is 728. The lowest BCUT2D eigenvalue weighted by Crippen LogP contribution is -2.35. The van der Waals surface area contributed by atoms with Crippen molar-refractivity contribution < 1.29 is 0 Å². The summed E-state index contributed by atoms with van der Waals surface area (Å²) < 4.78 is 0. The zero-order valence-electron chi connectivity index (χ0n) is 12.8. The lowest BCUT2D eigenvalue weighted by Gasteiger charge is -2.32. The SMILES string of the molecule is c1cc(C[C@@H]2CCCN(Cc3ccc4cc[nH]c4c3)C2)[nH]n1. The van der Waals surface area contributed by atoms with Gasteiger partial charge in [-0.15, -0.1) is 0 Å². The minimum Gasteiger partial charge on any atom is -0.361 e. The molecule has 4 nitrogen and oxygen atoms in total. The van der Waals surface area contributed by atoms with Crippen molar-refractivity contribution >= 4 is 10.9 Å². The minimum absolute atomic E-state index is 0.739. The Balaban J connectivity index is 1.41. The molecule has 1 aliphatic heterocycles. The van der Waals surface area contributed by atoms with E-state index >= 15 is 0 Å². The second-order valence-corrected chi connectivity index (χ2v) is 6.43. The number of nitrogens with one attached hydrogen (secondary N) is 2. The zero-order chi connectivity index (χ0) is 14.8. The molecule has 114 valence electrons. The van der Waals surface area contributed by atoms with Gasteiger partial charge in [0.05, 0.1) is 0 Å². The van der Waals surface area contributed by atoms with Gasteiger partial charge in [0.25, 0.3) is 0 Å². The number of hydrogen-bond acceptors (Lipinski definition) is 2. The number of nitrogens with zero attached hydrogens (tertiary/aromatic N) is 2. The highest BCUT2D eigenvalue weighted by atomic mass is 15.1. The molecule has 1 saturated heterocycles. The Labute approximate surface area is 130 Å². The van der Waals surface area contributed by atoms with E-state index in [-0.39, 0.29) is 0 Å². The molecular formula is C18H22N4. The first kappa shape index (κ1) is 13.6. The van der Waals surface area contributed by atoms with Crippen LogP contribution >= 0.6 is 0 Å². The van der Waals surface area contributed by atoms with Gasteiger partial charge in [-0.1, -0.05) is 12.1 Å². The van der Waals surface area contributed by atoms with Gasteiger partial charge in [0.1, 0.15) is 0 Å². The number of fused-ring (bicyclic) bond motifs is 1. The molecule has 3 heterocycles. The van der Waals surface area contributed by atoms with E-state index in [9.17, 15) is 0 Å². The number of rotatable bonds is 4. The van der Waals surface area contributed by atoms with Crippen molar-refractivity contribution in [1.82, 2.24) is 20.1 Å². The van der Waals surface area contributed by atoms with Gasteiger partial charge in [-0.3, -0.25) is 10.00 Å². The molecule has 0 saturated carbocycles. The van der Waals surface area contributed by atoms with Crippen LogP contribution in [0.5, 0.6) is 0 Å². The molecule has 1 atom stereocenters. The molecule has 0 amide bonds. The average molecular weight is 294 g/mol. The van der Waals surface area contributed by atoms with Crippen LogP contribution in [-0.4, -0.2) is 33.2 Å². The quantitative estimate of drug-likeness (QED) is 0.775. The van der Waals surface area contributed by atoms with E-state index in [0.717, 1.165) is 18.9 Å². The molecule has 1 fully saturated rings. The fourth-order valence-electron chi connectivity index (χ4n) is 3.62. The van der Waals surface area contributed by atoms with Crippen LogP contribution in [0.3, 0.4) is 0 Å². The highest BCUT2D eigenvalue weighted by Gasteiger charge is 2.20. The fraction of sp³-hybridized carbons (Fsp3) is 0.389. The number of likely N-dealkylation sites (tertiary alicyclic amines) is 1. The molecule has 2 N–H and O–H groups in total. The molecule has 22 heavy (non-hydrogen) atoms. The summed E-state index contributed by atoms with van der Waals surface area (Å²) in [5, 5.41) is 8.44. The summed E-state index contributed by atoms with van der Waals surface area (Å²) in [5.74, 6) is 0.739. The van der Waals surface area contributed by atoms with Crippen molar-refractivity contribution in [3.05, 3.63) is 54.0 Å². The van der Waals surface area contributed by atoms with Gasteiger partial charge in [-0.05, 0) is 60.9 Å². The molecule has 0 aliphatic carbocycles. The van der Waals surface area contributed by atoms with E-state index < -0.39 is 0 Å². The summed E-state index contributed by atoms with van der Waals surface area (Å²) in [6.45, 7) is 3.44. The van der Waals surface area contributed by atoms with Gasteiger partial charge >= 0.3 is 0 Å². The van der Waals surface area contributed by atoms with Crippen LogP contribution < -0.4 is 0 Å². The highest BCUT2D eigenvalue weighted by Crippen LogP contribution is 2.22. The van der Waals surface area contributed by atoms with E-state index in [2.05, 4.69) is 50.4 Å². The molecule has 0 spiro atoms. The van der Waals surface area contributed by atoms with E-state index in [1.165, 1.54) is 48.1 Å². The summed E-state index contributed by atoms with van der Waals surface area (Å²) in [7, 11) is 0. The van der Waals surface area contributed by atoms with Crippen molar-refractivity contribution in [1.29, 1.82) is 0 Å². The summed E-state index contributed by atoms with van der Waals surface area (Å²) in [6.07, 6.45) is 7.60. The first-order valence-electron chi connectivity index (χ1n) is 8.13. The number of aromatic nitrogens is 3. The van der Waals surface area contributed by atoms with Gasteiger partial charge in [-0.2, -0.15) is 5.10 Å². The Morgan fingerprint density at radius 3 is 3.14 bits per heavy atom. The van der Waals surface area contributed by atoms with Crippen molar-refractivity contribution in [3.63, 3.8) is 0 Å². The van der Waals surface area contributed by atoms with Crippen LogP contribution in [0.15, 0.2) is 42.7 Å². The van der Waals surface area contributed by atoms with Gasteiger partial charge in [0.2, 0.25) is 0 Å². The second-order valence-electron chi connectivity index (χ2n) is 6.43. The average Bonchev–Trinajstić information content (AvgIpc) is 3.18. The third-order valence-corrected chi connectivity index (χ3v) is 4.70.